The minimum Gasteiger partial charge on any atom is -0.497 e. The molecule has 0 aliphatic heterocycles. The van der Waals surface area contributed by atoms with E-state index in [-0.39, 0.29) is 5.57 Å². The van der Waals surface area contributed by atoms with Crippen LogP contribution in [0.3, 0.4) is 0 Å². The second kappa shape index (κ2) is 9.08. The van der Waals surface area contributed by atoms with E-state index in [1.807, 2.05) is 42.7 Å². The second-order valence-corrected chi connectivity index (χ2v) is 7.37. The number of halogens is 2. The number of carbonyl (C=O) groups is 1. The van der Waals surface area contributed by atoms with E-state index in [0.29, 0.717) is 21.5 Å². The van der Waals surface area contributed by atoms with Crippen LogP contribution in [0.4, 0.5) is 5.69 Å². The highest BCUT2D eigenvalue weighted by atomic mass is 35.5. The first-order chi connectivity index (χ1) is 14.3. The van der Waals surface area contributed by atoms with Crippen molar-refractivity contribution in [1.29, 1.82) is 5.26 Å². The third-order valence-electron chi connectivity index (χ3n) is 4.66. The van der Waals surface area contributed by atoms with Gasteiger partial charge in [-0.25, -0.2) is 0 Å². The van der Waals surface area contributed by atoms with E-state index < -0.39 is 5.91 Å². The topological polar surface area (TPSA) is 67.0 Å². The highest BCUT2D eigenvalue weighted by Crippen LogP contribution is 2.32. The fourth-order valence-corrected chi connectivity index (χ4v) is 3.53. The number of carbonyl (C=O) groups excluding carboxylic acids is 1. The Kier molecular flexibility index (Phi) is 6.51. The number of methoxy groups -OCH3 is 1. The molecule has 0 radical (unpaired) electrons. The summed E-state index contributed by atoms with van der Waals surface area (Å²) in [6, 6.07) is 16.2. The molecular weight excluding hydrogens is 421 g/mol. The van der Waals surface area contributed by atoms with Gasteiger partial charge in [-0.2, -0.15) is 5.26 Å². The summed E-state index contributed by atoms with van der Waals surface area (Å²) in [5, 5.41) is 13.2. The molecule has 0 aliphatic rings. The monoisotopic (exact) mass is 439 g/mol. The van der Waals surface area contributed by atoms with Crippen molar-refractivity contribution in [2.45, 2.75) is 13.8 Å². The highest BCUT2D eigenvalue weighted by Gasteiger charge is 2.16. The van der Waals surface area contributed by atoms with E-state index in [0.717, 1.165) is 22.6 Å². The van der Waals surface area contributed by atoms with Gasteiger partial charge < -0.3 is 14.6 Å². The van der Waals surface area contributed by atoms with Gasteiger partial charge in [0.15, 0.2) is 0 Å². The van der Waals surface area contributed by atoms with E-state index in [4.69, 9.17) is 27.9 Å². The van der Waals surface area contributed by atoms with Gasteiger partial charge in [0.05, 0.1) is 22.8 Å². The summed E-state index contributed by atoms with van der Waals surface area (Å²) in [4.78, 5) is 12.6. The number of hydrogen-bond donors (Lipinski definition) is 1. The lowest BCUT2D eigenvalue weighted by atomic mass is 10.1. The number of benzene rings is 2. The lowest BCUT2D eigenvalue weighted by molar-refractivity contribution is -0.112. The van der Waals surface area contributed by atoms with Crippen molar-refractivity contribution in [3.05, 3.63) is 81.1 Å². The Balaban J connectivity index is 1.93. The summed E-state index contributed by atoms with van der Waals surface area (Å²) < 4.78 is 7.05. The molecule has 0 atom stereocenters. The van der Waals surface area contributed by atoms with Gasteiger partial charge in [0.25, 0.3) is 5.91 Å². The molecule has 0 fully saturated rings. The van der Waals surface area contributed by atoms with Crippen molar-refractivity contribution in [2.75, 3.05) is 12.4 Å². The molecule has 0 saturated heterocycles. The molecule has 5 nitrogen and oxygen atoms in total. The molecule has 0 spiro atoms. The van der Waals surface area contributed by atoms with Gasteiger partial charge in [-0.05, 0) is 68.0 Å². The van der Waals surface area contributed by atoms with Crippen LogP contribution in [0.25, 0.3) is 11.8 Å². The van der Waals surface area contributed by atoms with Gasteiger partial charge in [0.2, 0.25) is 0 Å². The van der Waals surface area contributed by atoms with Crippen molar-refractivity contribution in [1.82, 2.24) is 4.57 Å². The summed E-state index contributed by atoms with van der Waals surface area (Å²) in [6.45, 7) is 3.82. The number of nitriles is 1. The van der Waals surface area contributed by atoms with Gasteiger partial charge in [-0.3, -0.25) is 4.79 Å². The van der Waals surface area contributed by atoms with Crippen LogP contribution in [-0.2, 0) is 4.79 Å². The summed E-state index contributed by atoms with van der Waals surface area (Å²) in [5.74, 6) is 0.185. The maximum Gasteiger partial charge on any atom is 0.266 e. The van der Waals surface area contributed by atoms with Gasteiger partial charge in [0, 0.05) is 17.1 Å². The zero-order valence-corrected chi connectivity index (χ0v) is 18.2. The number of ether oxygens (including phenoxy) is 1. The number of anilines is 1. The molecule has 3 aromatic rings. The van der Waals surface area contributed by atoms with E-state index in [2.05, 4.69) is 5.32 Å². The first-order valence-corrected chi connectivity index (χ1v) is 9.81. The quantitative estimate of drug-likeness (QED) is 0.394. The number of aromatic nitrogens is 1. The molecule has 0 aliphatic carbocycles. The highest BCUT2D eigenvalue weighted by molar-refractivity contribution is 6.43. The number of rotatable bonds is 5. The minimum absolute atomic E-state index is 0.0109. The van der Waals surface area contributed by atoms with Crippen molar-refractivity contribution in [3.63, 3.8) is 0 Å². The molecule has 1 amide bonds. The molecule has 0 bridgehead atoms. The van der Waals surface area contributed by atoms with Gasteiger partial charge in [-0.15, -0.1) is 0 Å². The third-order valence-corrected chi connectivity index (χ3v) is 5.46. The van der Waals surface area contributed by atoms with E-state index in [1.165, 1.54) is 0 Å². The molecule has 0 unspecified atom stereocenters. The van der Waals surface area contributed by atoms with E-state index in [1.54, 1.807) is 43.5 Å². The Morgan fingerprint density at radius 3 is 2.50 bits per heavy atom. The Hall–Kier alpha value is -3.20. The Morgan fingerprint density at radius 1 is 1.17 bits per heavy atom. The van der Waals surface area contributed by atoms with Crippen LogP contribution in [0.5, 0.6) is 5.75 Å². The molecular formula is C23H19Cl2N3O2. The Bertz CT molecular complexity index is 1170. The van der Waals surface area contributed by atoms with Crippen molar-refractivity contribution in [3.8, 4) is 17.5 Å². The fraction of sp³-hybridized carbons (Fsp3) is 0.130. The van der Waals surface area contributed by atoms with Gasteiger partial charge >= 0.3 is 0 Å². The van der Waals surface area contributed by atoms with Crippen LogP contribution in [-0.4, -0.2) is 17.6 Å². The predicted molar refractivity (Wildman–Crippen MR) is 120 cm³/mol. The SMILES string of the molecule is COc1ccc(NC(=O)/C(C#N)=C\c2cc(C)n(-c3cccc(Cl)c3Cl)c2C)cc1. The predicted octanol–water partition coefficient (Wildman–Crippen LogP) is 5.96. The summed E-state index contributed by atoms with van der Waals surface area (Å²) >= 11 is 12.5. The molecule has 152 valence electrons. The lowest BCUT2D eigenvalue weighted by Gasteiger charge is -2.12. The zero-order chi connectivity index (χ0) is 21.8. The number of aryl methyl sites for hydroxylation is 1. The van der Waals surface area contributed by atoms with Gasteiger partial charge in [0.1, 0.15) is 17.4 Å². The smallest absolute Gasteiger partial charge is 0.266 e. The Morgan fingerprint density at radius 2 is 1.87 bits per heavy atom. The first kappa shape index (κ1) is 21.5. The largest absolute Gasteiger partial charge is 0.497 e. The molecule has 3 rings (SSSR count). The van der Waals surface area contributed by atoms with Gasteiger partial charge in [-0.1, -0.05) is 29.3 Å². The number of hydrogen-bond acceptors (Lipinski definition) is 3. The number of nitrogens with one attached hydrogen (secondary N) is 1. The lowest BCUT2D eigenvalue weighted by Crippen LogP contribution is -2.13. The number of nitrogens with zero attached hydrogens (tertiary/aromatic N) is 2. The van der Waals surface area contributed by atoms with Crippen molar-refractivity contribution >= 4 is 40.9 Å². The fourth-order valence-electron chi connectivity index (χ4n) is 3.15. The van der Waals surface area contributed by atoms with Crippen LogP contribution in [0.1, 0.15) is 17.0 Å². The van der Waals surface area contributed by atoms with E-state index >= 15 is 0 Å². The molecule has 30 heavy (non-hydrogen) atoms. The molecule has 2 aromatic carbocycles. The maximum absolute atomic E-state index is 12.6. The van der Waals surface area contributed by atoms with Crippen molar-refractivity contribution < 1.29 is 9.53 Å². The van der Waals surface area contributed by atoms with Crippen LogP contribution in [0, 0.1) is 25.2 Å². The number of amides is 1. The van der Waals surface area contributed by atoms with Crippen molar-refractivity contribution in [2.24, 2.45) is 0 Å². The molecule has 1 heterocycles. The summed E-state index contributed by atoms with van der Waals surface area (Å²) in [5.41, 5.74) is 3.77. The average molecular weight is 440 g/mol. The summed E-state index contributed by atoms with van der Waals surface area (Å²) in [6.07, 6.45) is 1.57. The molecule has 0 saturated carbocycles. The molecule has 7 heteroatoms. The zero-order valence-electron chi connectivity index (χ0n) is 16.7. The van der Waals surface area contributed by atoms with Crippen LogP contribution in [0.2, 0.25) is 10.0 Å². The summed E-state index contributed by atoms with van der Waals surface area (Å²) in [7, 11) is 1.57. The first-order valence-electron chi connectivity index (χ1n) is 9.06. The van der Waals surface area contributed by atoms with Crippen LogP contribution >= 0.6 is 23.2 Å². The third kappa shape index (κ3) is 4.35. The standard InChI is InChI=1S/C23H19Cl2N3O2/c1-14-11-16(15(2)28(14)21-6-4-5-20(24)22(21)25)12-17(13-26)23(29)27-18-7-9-19(30-3)10-8-18/h4-12H,1-3H3,(H,27,29)/b17-12-. The van der Waals surface area contributed by atoms with E-state index in [9.17, 15) is 10.1 Å². The average Bonchev–Trinajstić information content (AvgIpc) is 3.01. The normalized spacial score (nSPS) is 11.1. The van der Waals surface area contributed by atoms with Crippen LogP contribution < -0.4 is 10.1 Å². The maximum atomic E-state index is 12.6. The van der Waals surface area contributed by atoms with Crippen LogP contribution in [0.15, 0.2) is 54.1 Å². The molecule has 1 aromatic heterocycles. The second-order valence-electron chi connectivity index (χ2n) is 6.59. The Labute approximate surface area is 185 Å². The molecule has 1 N–H and O–H groups in total. The minimum atomic E-state index is -0.492.